The van der Waals surface area contributed by atoms with Gasteiger partial charge in [-0.15, -0.1) is 0 Å². The van der Waals surface area contributed by atoms with E-state index in [1.807, 2.05) is 0 Å². The van der Waals surface area contributed by atoms with E-state index in [1.165, 1.54) is 0 Å². The molecule has 1 N–H and O–H groups in total. The summed E-state index contributed by atoms with van der Waals surface area (Å²) in [6, 6.07) is 0.743. The van der Waals surface area contributed by atoms with Crippen LogP contribution in [0.2, 0.25) is 0 Å². The first-order valence-electron chi connectivity index (χ1n) is 4.84. The van der Waals surface area contributed by atoms with Crippen molar-refractivity contribution in [1.29, 1.82) is 10.5 Å². The molecule has 1 heterocycles. The summed E-state index contributed by atoms with van der Waals surface area (Å²) in [6.45, 7) is 0. The summed E-state index contributed by atoms with van der Waals surface area (Å²) in [5.41, 5.74) is -9.98. The van der Waals surface area contributed by atoms with Crippen LogP contribution in [0, 0.1) is 28.1 Å². The summed E-state index contributed by atoms with van der Waals surface area (Å²) in [5.74, 6) is -1.91. The van der Waals surface area contributed by atoms with Gasteiger partial charge in [-0.1, -0.05) is 0 Å². The maximum Gasteiger partial charge on any atom is 0.428 e. The Hall–Kier alpha value is -2.50. The zero-order chi connectivity index (χ0) is 16.7. The molecule has 114 valence electrons. The number of alkyl halides is 6. The molecule has 0 aliphatic carbocycles. The fourth-order valence-corrected chi connectivity index (χ4v) is 1.78. The normalized spacial score (nSPS) is 28.9. The van der Waals surface area contributed by atoms with Crippen LogP contribution in [-0.4, -0.2) is 36.7 Å². The van der Waals surface area contributed by atoms with Crippen LogP contribution in [0.1, 0.15) is 0 Å². The van der Waals surface area contributed by atoms with Gasteiger partial charge in [0.15, 0.2) is 5.71 Å². The summed E-state index contributed by atoms with van der Waals surface area (Å²) < 4.78 is 82.4. The van der Waals surface area contributed by atoms with Gasteiger partial charge in [-0.2, -0.15) is 42.0 Å². The molecule has 0 aromatic carbocycles. The van der Waals surface area contributed by atoms with Gasteiger partial charge in [-0.3, -0.25) is 5.43 Å². The number of nitriles is 2. The smallest absolute Gasteiger partial charge is 0.428 e. The highest BCUT2D eigenvalue weighted by Gasteiger charge is 2.84. The molecule has 21 heavy (non-hydrogen) atoms. The van der Waals surface area contributed by atoms with Crippen LogP contribution in [0.5, 0.6) is 0 Å². The predicted molar refractivity (Wildman–Crippen MR) is 51.1 cm³/mol. The minimum Gasteiger partial charge on any atom is -0.464 e. The molecule has 6 nitrogen and oxygen atoms in total. The third-order valence-electron chi connectivity index (χ3n) is 2.82. The van der Waals surface area contributed by atoms with E-state index in [4.69, 9.17) is 10.5 Å². The molecule has 0 saturated heterocycles. The van der Waals surface area contributed by atoms with Crippen molar-refractivity contribution in [2.24, 2.45) is 10.5 Å². The van der Waals surface area contributed by atoms with Crippen molar-refractivity contribution in [2.75, 3.05) is 7.11 Å². The highest BCUT2D eigenvalue weighted by atomic mass is 19.4. The predicted octanol–water partition coefficient (Wildman–Crippen LogP) is 1.02. The molecule has 0 aromatic heterocycles. The molecule has 0 spiro atoms. The standard InChI is InChI=1S/C9H4F6N4O2/c1-21-5(20)4-6(2-16,8(10,11)12)7(3-17,19-18-4)9(13,14)15/h19H,1H3/t6-,7-/m0/s1. The average Bonchev–Trinajstić information content (AvgIpc) is 2.72. The molecule has 1 aliphatic heterocycles. The topological polar surface area (TPSA) is 98.3 Å². The number of hydrazone groups is 1. The summed E-state index contributed by atoms with van der Waals surface area (Å²) in [5, 5.41) is 20.0. The Kier molecular flexibility index (Phi) is 3.56. The highest BCUT2D eigenvalue weighted by molar-refractivity contribution is 6.40. The third kappa shape index (κ3) is 1.79. The number of methoxy groups -OCH3 is 1. The number of esters is 1. The van der Waals surface area contributed by atoms with Gasteiger partial charge in [-0.25, -0.2) is 4.79 Å². The van der Waals surface area contributed by atoms with E-state index < -0.39 is 35.0 Å². The van der Waals surface area contributed by atoms with Crippen LogP contribution in [-0.2, 0) is 9.53 Å². The van der Waals surface area contributed by atoms with Gasteiger partial charge in [0, 0.05) is 0 Å². The summed E-state index contributed by atoms with van der Waals surface area (Å²) in [7, 11) is 0.587. The van der Waals surface area contributed by atoms with Gasteiger partial charge in [0.25, 0.3) is 5.54 Å². The fourth-order valence-electron chi connectivity index (χ4n) is 1.78. The Morgan fingerprint density at radius 2 is 1.71 bits per heavy atom. The van der Waals surface area contributed by atoms with E-state index in [-0.39, 0.29) is 0 Å². The lowest BCUT2D eigenvalue weighted by molar-refractivity contribution is -0.256. The van der Waals surface area contributed by atoms with E-state index in [0.29, 0.717) is 19.2 Å². The molecular weight excluding hydrogens is 310 g/mol. The van der Waals surface area contributed by atoms with Crippen LogP contribution >= 0.6 is 0 Å². The molecule has 0 amide bonds. The van der Waals surface area contributed by atoms with Crippen molar-refractivity contribution >= 4 is 11.7 Å². The van der Waals surface area contributed by atoms with Crippen LogP contribution in [0.25, 0.3) is 0 Å². The van der Waals surface area contributed by atoms with E-state index >= 15 is 0 Å². The minimum atomic E-state index is -5.93. The van der Waals surface area contributed by atoms with Gasteiger partial charge in [0.2, 0.25) is 5.41 Å². The third-order valence-corrected chi connectivity index (χ3v) is 2.82. The average molecular weight is 314 g/mol. The first kappa shape index (κ1) is 16.6. The number of carbonyl (C=O) groups is 1. The minimum absolute atomic E-state index is 0.369. The molecule has 0 bridgehead atoms. The Labute approximate surface area is 112 Å². The van der Waals surface area contributed by atoms with Crippen LogP contribution in [0.15, 0.2) is 5.10 Å². The van der Waals surface area contributed by atoms with E-state index in [2.05, 4.69) is 9.84 Å². The van der Waals surface area contributed by atoms with Crippen molar-refractivity contribution in [3.63, 3.8) is 0 Å². The first-order chi connectivity index (χ1) is 9.45. The Morgan fingerprint density at radius 1 is 1.19 bits per heavy atom. The van der Waals surface area contributed by atoms with E-state index in [9.17, 15) is 31.1 Å². The zero-order valence-corrected chi connectivity index (χ0v) is 9.93. The van der Waals surface area contributed by atoms with Crippen LogP contribution in [0.4, 0.5) is 26.3 Å². The second-order valence-corrected chi connectivity index (χ2v) is 3.78. The number of carbonyl (C=O) groups excluding carboxylic acids is 1. The maximum absolute atomic E-state index is 13.2. The molecule has 2 atom stereocenters. The number of hydrogen-bond acceptors (Lipinski definition) is 6. The second-order valence-electron chi connectivity index (χ2n) is 3.78. The largest absolute Gasteiger partial charge is 0.464 e. The van der Waals surface area contributed by atoms with Gasteiger partial charge >= 0.3 is 18.3 Å². The lowest BCUT2D eigenvalue weighted by Gasteiger charge is -2.37. The van der Waals surface area contributed by atoms with Crippen LogP contribution in [0.3, 0.4) is 0 Å². The summed E-state index contributed by atoms with van der Waals surface area (Å²) in [6.07, 6.45) is -11.8. The van der Waals surface area contributed by atoms with Crippen molar-refractivity contribution in [3.05, 3.63) is 0 Å². The van der Waals surface area contributed by atoms with E-state index in [0.717, 1.165) is 5.43 Å². The van der Waals surface area contributed by atoms with Crippen molar-refractivity contribution in [1.82, 2.24) is 5.43 Å². The number of ether oxygens (including phenoxy) is 1. The molecule has 0 saturated carbocycles. The molecule has 12 heteroatoms. The zero-order valence-electron chi connectivity index (χ0n) is 9.93. The molecule has 0 fully saturated rings. The number of rotatable bonds is 1. The van der Waals surface area contributed by atoms with Crippen LogP contribution < -0.4 is 5.43 Å². The van der Waals surface area contributed by atoms with Gasteiger partial charge in [-0.05, 0) is 0 Å². The molecule has 0 unspecified atom stereocenters. The summed E-state index contributed by atoms with van der Waals surface area (Å²) in [4.78, 5) is 11.2. The van der Waals surface area contributed by atoms with Crippen molar-refractivity contribution < 1.29 is 35.9 Å². The fraction of sp³-hybridized carbons (Fsp3) is 0.556. The second kappa shape index (κ2) is 4.51. The Balaban J connectivity index is 3.80. The van der Waals surface area contributed by atoms with Gasteiger partial charge < -0.3 is 4.74 Å². The van der Waals surface area contributed by atoms with Gasteiger partial charge in [0.1, 0.15) is 6.07 Å². The monoisotopic (exact) mass is 314 g/mol. The van der Waals surface area contributed by atoms with E-state index in [1.54, 1.807) is 0 Å². The molecule has 1 rings (SSSR count). The lowest BCUT2D eigenvalue weighted by atomic mass is 9.67. The van der Waals surface area contributed by atoms with Crippen molar-refractivity contribution in [3.8, 4) is 12.1 Å². The van der Waals surface area contributed by atoms with Crippen molar-refractivity contribution in [2.45, 2.75) is 17.9 Å². The summed E-state index contributed by atoms with van der Waals surface area (Å²) >= 11 is 0. The molecular formula is C9H4F6N4O2. The molecule has 0 radical (unpaired) electrons. The Morgan fingerprint density at radius 3 is 2.00 bits per heavy atom. The highest BCUT2D eigenvalue weighted by Crippen LogP contribution is 2.55. The number of nitrogens with zero attached hydrogens (tertiary/aromatic N) is 3. The molecule has 0 aromatic rings. The lowest BCUT2D eigenvalue weighted by Crippen LogP contribution is -2.69. The number of hydrogen-bond donors (Lipinski definition) is 1. The SMILES string of the molecule is COC(=O)C1=NN[C@](C#N)(C(F)(F)F)[C@@]1(C#N)C(F)(F)F. The first-order valence-corrected chi connectivity index (χ1v) is 4.84. The van der Waals surface area contributed by atoms with Gasteiger partial charge in [0.05, 0.1) is 13.2 Å². The number of halogens is 6. The molecule has 1 aliphatic rings. The quantitative estimate of drug-likeness (QED) is 0.575. The maximum atomic E-state index is 13.2. The number of nitrogens with one attached hydrogen (secondary N) is 1. The Bertz CT molecular complexity index is 583.